The first-order valence-corrected chi connectivity index (χ1v) is 9.50. The maximum atomic E-state index is 12.9. The normalized spacial score (nSPS) is 11.9. The van der Waals surface area contributed by atoms with Crippen molar-refractivity contribution in [3.63, 3.8) is 0 Å². The zero-order valence-corrected chi connectivity index (χ0v) is 16.2. The van der Waals surface area contributed by atoms with Crippen molar-refractivity contribution >= 4 is 11.7 Å². The van der Waals surface area contributed by atoms with Crippen LogP contribution in [0.2, 0.25) is 0 Å². The first-order valence-electron chi connectivity index (χ1n) is 9.50. The summed E-state index contributed by atoms with van der Waals surface area (Å²) < 4.78 is 10.7. The number of hydrogen-bond acceptors (Lipinski definition) is 6. The van der Waals surface area contributed by atoms with E-state index >= 15 is 0 Å². The third-order valence-electron chi connectivity index (χ3n) is 4.68. The molecule has 7 heteroatoms. The standard InChI is InChI=1S/C22H22N4O3/c1-2-26(13-16-6-4-3-5-7-16)22(27)18-11-21(25-14-24-18)23-12-17-8-9-19-20(10-17)29-15-28-19/h3-11,14H,2,12-13,15H2,1H3,(H,23,24,25). The minimum Gasteiger partial charge on any atom is -0.454 e. The molecule has 0 radical (unpaired) electrons. The van der Waals surface area contributed by atoms with Crippen molar-refractivity contribution in [3.05, 3.63) is 77.7 Å². The lowest BCUT2D eigenvalue weighted by atomic mass is 10.2. The molecule has 0 bridgehead atoms. The molecule has 0 saturated carbocycles. The lowest BCUT2D eigenvalue weighted by Gasteiger charge is -2.20. The van der Waals surface area contributed by atoms with Crippen LogP contribution >= 0.6 is 0 Å². The van der Waals surface area contributed by atoms with Crippen LogP contribution in [0.5, 0.6) is 11.5 Å². The van der Waals surface area contributed by atoms with Crippen molar-refractivity contribution in [2.24, 2.45) is 0 Å². The first kappa shape index (κ1) is 18.7. The molecule has 0 saturated heterocycles. The zero-order chi connectivity index (χ0) is 20.1. The molecule has 2 aromatic carbocycles. The van der Waals surface area contributed by atoms with Gasteiger partial charge in [-0.3, -0.25) is 4.79 Å². The third-order valence-corrected chi connectivity index (χ3v) is 4.68. The lowest BCUT2D eigenvalue weighted by molar-refractivity contribution is 0.0746. The number of anilines is 1. The molecule has 0 atom stereocenters. The summed E-state index contributed by atoms with van der Waals surface area (Å²) in [6.07, 6.45) is 1.41. The number of fused-ring (bicyclic) bond motifs is 1. The molecule has 0 unspecified atom stereocenters. The second-order valence-electron chi connectivity index (χ2n) is 6.63. The van der Waals surface area contributed by atoms with Crippen molar-refractivity contribution in [1.82, 2.24) is 14.9 Å². The predicted octanol–water partition coefficient (Wildman–Crippen LogP) is 3.48. The third kappa shape index (κ3) is 4.45. The van der Waals surface area contributed by atoms with E-state index in [1.165, 1.54) is 6.33 Å². The van der Waals surface area contributed by atoms with Crippen LogP contribution in [0.15, 0.2) is 60.9 Å². The Morgan fingerprint density at radius 1 is 1.03 bits per heavy atom. The second-order valence-corrected chi connectivity index (χ2v) is 6.63. The molecular weight excluding hydrogens is 368 g/mol. The fraction of sp³-hybridized carbons (Fsp3) is 0.227. The van der Waals surface area contributed by atoms with E-state index in [0.29, 0.717) is 31.1 Å². The lowest BCUT2D eigenvalue weighted by Crippen LogP contribution is -2.31. The van der Waals surface area contributed by atoms with Gasteiger partial charge in [0.15, 0.2) is 11.5 Å². The van der Waals surface area contributed by atoms with Crippen molar-refractivity contribution in [2.75, 3.05) is 18.7 Å². The topological polar surface area (TPSA) is 76.6 Å². The van der Waals surface area contributed by atoms with Crippen molar-refractivity contribution in [2.45, 2.75) is 20.0 Å². The molecule has 2 heterocycles. The van der Waals surface area contributed by atoms with Gasteiger partial charge in [-0.15, -0.1) is 0 Å². The highest BCUT2D eigenvalue weighted by Gasteiger charge is 2.17. The van der Waals surface area contributed by atoms with Crippen LogP contribution in [0.1, 0.15) is 28.5 Å². The number of benzene rings is 2. The Labute approximate surface area is 169 Å². The number of rotatable bonds is 7. The molecule has 3 aromatic rings. The van der Waals surface area contributed by atoms with Gasteiger partial charge in [0.25, 0.3) is 5.91 Å². The Bertz CT molecular complexity index is 994. The molecule has 0 spiro atoms. The Kier molecular flexibility index (Phi) is 5.56. The number of ether oxygens (including phenoxy) is 2. The van der Waals surface area contributed by atoms with E-state index in [-0.39, 0.29) is 12.7 Å². The highest BCUT2D eigenvalue weighted by Crippen LogP contribution is 2.32. The first-order chi connectivity index (χ1) is 14.2. The summed E-state index contributed by atoms with van der Waals surface area (Å²) in [5, 5.41) is 3.24. The smallest absolute Gasteiger partial charge is 0.272 e. The van der Waals surface area contributed by atoms with Gasteiger partial charge in [-0.05, 0) is 30.2 Å². The summed E-state index contributed by atoms with van der Waals surface area (Å²) in [4.78, 5) is 23.1. The van der Waals surface area contributed by atoms with Gasteiger partial charge in [0, 0.05) is 25.7 Å². The molecule has 1 aliphatic rings. The summed E-state index contributed by atoms with van der Waals surface area (Å²) in [6.45, 7) is 3.89. The Morgan fingerprint density at radius 3 is 2.69 bits per heavy atom. The van der Waals surface area contributed by atoms with Gasteiger partial charge in [-0.1, -0.05) is 36.4 Å². The van der Waals surface area contributed by atoms with Gasteiger partial charge in [0.1, 0.15) is 17.8 Å². The van der Waals surface area contributed by atoms with E-state index in [1.54, 1.807) is 11.0 Å². The molecule has 7 nitrogen and oxygen atoms in total. The highest BCUT2D eigenvalue weighted by molar-refractivity contribution is 5.92. The fourth-order valence-electron chi connectivity index (χ4n) is 3.11. The largest absolute Gasteiger partial charge is 0.454 e. The van der Waals surface area contributed by atoms with E-state index in [1.807, 2.05) is 55.5 Å². The fourth-order valence-corrected chi connectivity index (χ4v) is 3.11. The average molecular weight is 390 g/mol. The Morgan fingerprint density at radius 2 is 1.86 bits per heavy atom. The van der Waals surface area contributed by atoms with Crippen molar-refractivity contribution in [3.8, 4) is 11.5 Å². The van der Waals surface area contributed by atoms with Crippen LogP contribution in [0, 0.1) is 0 Å². The minimum atomic E-state index is -0.120. The van der Waals surface area contributed by atoms with E-state index in [4.69, 9.17) is 9.47 Å². The van der Waals surface area contributed by atoms with E-state index in [0.717, 1.165) is 22.6 Å². The number of carbonyl (C=O) groups is 1. The highest BCUT2D eigenvalue weighted by atomic mass is 16.7. The predicted molar refractivity (Wildman–Crippen MR) is 109 cm³/mol. The van der Waals surface area contributed by atoms with Crippen LogP contribution in [0.25, 0.3) is 0 Å². The average Bonchev–Trinajstić information content (AvgIpc) is 3.24. The SMILES string of the molecule is CCN(Cc1ccccc1)C(=O)c1cc(NCc2ccc3c(c2)OCO3)ncn1. The molecule has 29 heavy (non-hydrogen) atoms. The summed E-state index contributed by atoms with van der Waals surface area (Å²) in [7, 11) is 0. The number of amides is 1. The van der Waals surface area contributed by atoms with E-state index in [2.05, 4.69) is 15.3 Å². The van der Waals surface area contributed by atoms with Crippen molar-refractivity contribution in [1.29, 1.82) is 0 Å². The number of aromatic nitrogens is 2. The molecule has 1 N–H and O–H groups in total. The second kappa shape index (κ2) is 8.60. The van der Waals surface area contributed by atoms with Gasteiger partial charge >= 0.3 is 0 Å². The zero-order valence-electron chi connectivity index (χ0n) is 16.2. The Balaban J connectivity index is 1.42. The van der Waals surface area contributed by atoms with Crippen molar-refractivity contribution < 1.29 is 14.3 Å². The van der Waals surface area contributed by atoms with Gasteiger partial charge in [-0.25, -0.2) is 9.97 Å². The number of nitrogens with zero attached hydrogens (tertiary/aromatic N) is 3. The number of nitrogens with one attached hydrogen (secondary N) is 1. The molecule has 1 amide bonds. The molecule has 4 rings (SSSR count). The summed E-state index contributed by atoms with van der Waals surface area (Å²) in [6, 6.07) is 17.4. The molecule has 1 aromatic heterocycles. The van der Waals surface area contributed by atoms with Gasteiger partial charge in [0.05, 0.1) is 0 Å². The molecular formula is C22H22N4O3. The van der Waals surface area contributed by atoms with Crippen LogP contribution in [0.4, 0.5) is 5.82 Å². The Hall–Kier alpha value is -3.61. The monoisotopic (exact) mass is 390 g/mol. The number of carbonyl (C=O) groups excluding carboxylic acids is 1. The van der Waals surface area contributed by atoms with E-state index in [9.17, 15) is 4.79 Å². The molecule has 1 aliphatic heterocycles. The van der Waals surface area contributed by atoms with Gasteiger partial charge in [0.2, 0.25) is 6.79 Å². The molecule has 148 valence electrons. The van der Waals surface area contributed by atoms with Crippen LogP contribution in [-0.4, -0.2) is 34.1 Å². The number of hydrogen-bond donors (Lipinski definition) is 1. The summed E-state index contributed by atoms with van der Waals surface area (Å²) >= 11 is 0. The van der Waals surface area contributed by atoms with Crippen LogP contribution in [-0.2, 0) is 13.1 Å². The van der Waals surface area contributed by atoms with Gasteiger partial charge in [-0.2, -0.15) is 0 Å². The van der Waals surface area contributed by atoms with Gasteiger partial charge < -0.3 is 19.7 Å². The maximum absolute atomic E-state index is 12.9. The maximum Gasteiger partial charge on any atom is 0.272 e. The van der Waals surface area contributed by atoms with Crippen LogP contribution in [0.3, 0.4) is 0 Å². The van der Waals surface area contributed by atoms with Crippen LogP contribution < -0.4 is 14.8 Å². The summed E-state index contributed by atoms with van der Waals surface area (Å²) in [5.74, 6) is 1.96. The summed E-state index contributed by atoms with van der Waals surface area (Å²) in [5.41, 5.74) is 2.48. The quantitative estimate of drug-likeness (QED) is 0.666. The minimum absolute atomic E-state index is 0.120. The molecule has 0 fully saturated rings. The van der Waals surface area contributed by atoms with E-state index < -0.39 is 0 Å². The molecule has 0 aliphatic carbocycles.